The molecule has 0 atom stereocenters. The lowest BCUT2D eigenvalue weighted by atomic mass is 10.1. The fourth-order valence-corrected chi connectivity index (χ4v) is 1.05. The van der Waals surface area contributed by atoms with E-state index in [1.807, 2.05) is 6.08 Å². The Morgan fingerprint density at radius 1 is 1.44 bits per heavy atom. The summed E-state index contributed by atoms with van der Waals surface area (Å²) in [4.78, 5) is 10.5. The first-order valence-electron chi connectivity index (χ1n) is 5.40. The molecular weight excluding hydrogens is 243 g/mol. The molecule has 0 fully saturated rings. The maximum atomic E-state index is 12.1. The Bertz CT molecular complexity index is 399. The Balaban J connectivity index is 0.000000494. The van der Waals surface area contributed by atoms with Gasteiger partial charge < -0.3 is 5.73 Å². The van der Waals surface area contributed by atoms with Gasteiger partial charge in [-0.1, -0.05) is 25.5 Å². The van der Waals surface area contributed by atoms with Crippen molar-refractivity contribution >= 4 is 5.91 Å². The average molecular weight is 259 g/mol. The molecule has 0 bridgehead atoms. The number of nitrogens with two attached hydrogens (primary N) is 1. The van der Waals surface area contributed by atoms with Crippen LogP contribution in [0.15, 0.2) is 36.9 Å². The number of unbranched alkanes of at least 4 members (excludes halogenated alkanes) is 1. The van der Waals surface area contributed by atoms with Crippen LogP contribution in [-0.4, -0.2) is 5.91 Å². The molecule has 1 amide bonds. The standard InChI is InChI=1S/C8H6F3NO.C5H10/c9-8(10,11)6-3-1-2-5(4-6)7(12)13;1-3-5-4-2/h1-4H,(H2,12,13);3H,1,4-5H2,2H3. The summed E-state index contributed by atoms with van der Waals surface area (Å²) in [6, 6.07) is 3.98. The third-order valence-corrected chi connectivity index (χ3v) is 1.97. The molecule has 0 unspecified atom stereocenters. The van der Waals surface area contributed by atoms with Crippen LogP contribution in [0.25, 0.3) is 0 Å². The summed E-state index contributed by atoms with van der Waals surface area (Å²) in [5, 5.41) is 0. The van der Waals surface area contributed by atoms with Gasteiger partial charge in [-0.3, -0.25) is 4.79 Å². The lowest BCUT2D eigenvalue weighted by Crippen LogP contribution is -2.13. The average Bonchev–Trinajstić information content (AvgIpc) is 2.30. The van der Waals surface area contributed by atoms with Gasteiger partial charge in [0.1, 0.15) is 0 Å². The van der Waals surface area contributed by atoms with Gasteiger partial charge in [0, 0.05) is 5.56 Å². The highest BCUT2D eigenvalue weighted by molar-refractivity contribution is 5.92. The molecule has 100 valence electrons. The fourth-order valence-electron chi connectivity index (χ4n) is 1.05. The number of hydrogen-bond donors (Lipinski definition) is 1. The number of primary amides is 1. The van der Waals surface area contributed by atoms with Crippen LogP contribution in [0.5, 0.6) is 0 Å². The Labute approximate surface area is 104 Å². The zero-order chi connectivity index (χ0) is 14.2. The van der Waals surface area contributed by atoms with Gasteiger partial charge >= 0.3 is 6.18 Å². The molecule has 0 saturated carbocycles. The number of allylic oxidation sites excluding steroid dienone is 1. The van der Waals surface area contributed by atoms with Crippen LogP contribution in [0.1, 0.15) is 35.7 Å². The van der Waals surface area contributed by atoms with E-state index in [0.29, 0.717) is 0 Å². The Morgan fingerprint density at radius 3 is 2.39 bits per heavy atom. The van der Waals surface area contributed by atoms with Gasteiger partial charge in [-0.25, -0.2) is 0 Å². The van der Waals surface area contributed by atoms with Crippen LogP contribution in [0.3, 0.4) is 0 Å². The molecule has 0 spiro atoms. The number of rotatable bonds is 3. The van der Waals surface area contributed by atoms with Crippen LogP contribution < -0.4 is 5.73 Å². The maximum absolute atomic E-state index is 12.1. The molecule has 0 heterocycles. The van der Waals surface area contributed by atoms with Crippen molar-refractivity contribution in [2.24, 2.45) is 5.73 Å². The summed E-state index contributed by atoms with van der Waals surface area (Å²) in [7, 11) is 0. The van der Waals surface area contributed by atoms with E-state index in [-0.39, 0.29) is 5.56 Å². The molecule has 1 aromatic carbocycles. The second-order valence-electron chi connectivity index (χ2n) is 3.52. The van der Waals surface area contributed by atoms with Crippen LogP contribution in [-0.2, 0) is 6.18 Å². The van der Waals surface area contributed by atoms with E-state index in [2.05, 4.69) is 13.5 Å². The molecule has 1 aromatic rings. The summed E-state index contributed by atoms with van der Waals surface area (Å²) < 4.78 is 36.2. The van der Waals surface area contributed by atoms with Gasteiger partial charge in [0.05, 0.1) is 5.56 Å². The topological polar surface area (TPSA) is 43.1 Å². The minimum absolute atomic E-state index is 0.144. The number of carbonyl (C=O) groups is 1. The molecule has 0 radical (unpaired) electrons. The SMILES string of the molecule is C=CCCC.NC(=O)c1cccc(C(F)(F)F)c1. The van der Waals surface area contributed by atoms with Gasteiger partial charge in [-0.2, -0.15) is 13.2 Å². The second-order valence-corrected chi connectivity index (χ2v) is 3.52. The summed E-state index contributed by atoms with van der Waals surface area (Å²) >= 11 is 0. The second kappa shape index (κ2) is 7.53. The zero-order valence-corrected chi connectivity index (χ0v) is 10.1. The number of halogens is 3. The fraction of sp³-hybridized carbons (Fsp3) is 0.308. The molecule has 0 aliphatic heterocycles. The minimum atomic E-state index is -4.44. The Hall–Kier alpha value is -1.78. The van der Waals surface area contributed by atoms with Crippen molar-refractivity contribution in [3.8, 4) is 0 Å². The summed E-state index contributed by atoms with van der Waals surface area (Å²) in [5.74, 6) is -0.869. The van der Waals surface area contributed by atoms with E-state index < -0.39 is 17.6 Å². The quantitative estimate of drug-likeness (QED) is 0.825. The normalized spacial score (nSPS) is 10.2. The third kappa shape index (κ3) is 6.08. The van der Waals surface area contributed by atoms with Crippen molar-refractivity contribution < 1.29 is 18.0 Å². The van der Waals surface area contributed by atoms with Gasteiger partial charge in [-0.05, 0) is 24.6 Å². The van der Waals surface area contributed by atoms with Crippen molar-refractivity contribution in [2.45, 2.75) is 25.9 Å². The van der Waals surface area contributed by atoms with Crippen molar-refractivity contribution in [3.63, 3.8) is 0 Å². The molecule has 18 heavy (non-hydrogen) atoms. The predicted molar refractivity (Wildman–Crippen MR) is 65.1 cm³/mol. The van der Waals surface area contributed by atoms with E-state index in [1.54, 1.807) is 0 Å². The smallest absolute Gasteiger partial charge is 0.366 e. The van der Waals surface area contributed by atoms with Crippen molar-refractivity contribution in [1.82, 2.24) is 0 Å². The first kappa shape index (κ1) is 16.2. The lowest BCUT2D eigenvalue weighted by Gasteiger charge is -2.06. The monoisotopic (exact) mass is 259 g/mol. The highest BCUT2D eigenvalue weighted by atomic mass is 19.4. The van der Waals surface area contributed by atoms with E-state index in [4.69, 9.17) is 5.73 Å². The van der Waals surface area contributed by atoms with E-state index in [0.717, 1.165) is 24.6 Å². The Morgan fingerprint density at radius 2 is 2.06 bits per heavy atom. The van der Waals surface area contributed by atoms with Gasteiger partial charge in [0.25, 0.3) is 0 Å². The molecule has 5 heteroatoms. The molecule has 0 aromatic heterocycles. The lowest BCUT2D eigenvalue weighted by molar-refractivity contribution is -0.137. The number of alkyl halides is 3. The molecule has 1 rings (SSSR count). The first-order valence-corrected chi connectivity index (χ1v) is 5.40. The molecule has 0 aliphatic rings. The van der Waals surface area contributed by atoms with E-state index in [1.165, 1.54) is 12.5 Å². The van der Waals surface area contributed by atoms with Crippen molar-refractivity contribution in [1.29, 1.82) is 0 Å². The summed E-state index contributed by atoms with van der Waals surface area (Å²) in [6.07, 6.45) is -0.130. The highest BCUT2D eigenvalue weighted by Gasteiger charge is 2.30. The van der Waals surface area contributed by atoms with Gasteiger partial charge in [-0.15, -0.1) is 6.58 Å². The first-order chi connectivity index (χ1) is 8.32. The van der Waals surface area contributed by atoms with E-state index >= 15 is 0 Å². The van der Waals surface area contributed by atoms with Crippen LogP contribution in [0, 0.1) is 0 Å². The molecule has 0 saturated heterocycles. The largest absolute Gasteiger partial charge is 0.416 e. The molecule has 0 aliphatic carbocycles. The molecule has 2 N–H and O–H groups in total. The molecule has 2 nitrogen and oxygen atoms in total. The highest BCUT2D eigenvalue weighted by Crippen LogP contribution is 2.29. The van der Waals surface area contributed by atoms with Crippen molar-refractivity contribution in [2.75, 3.05) is 0 Å². The van der Waals surface area contributed by atoms with Crippen molar-refractivity contribution in [3.05, 3.63) is 48.0 Å². The number of hydrogen-bond acceptors (Lipinski definition) is 1. The Kier molecular flexibility index (Phi) is 6.78. The van der Waals surface area contributed by atoms with Crippen LogP contribution >= 0.6 is 0 Å². The van der Waals surface area contributed by atoms with E-state index in [9.17, 15) is 18.0 Å². The molecular formula is C13H16F3NO. The summed E-state index contributed by atoms with van der Waals surface area (Å²) in [5.41, 5.74) is 3.80. The predicted octanol–water partition coefficient (Wildman–Crippen LogP) is 3.78. The third-order valence-electron chi connectivity index (χ3n) is 1.97. The van der Waals surface area contributed by atoms with Crippen LogP contribution in [0.4, 0.5) is 13.2 Å². The minimum Gasteiger partial charge on any atom is -0.366 e. The number of amides is 1. The van der Waals surface area contributed by atoms with Gasteiger partial charge in [0.15, 0.2) is 0 Å². The zero-order valence-electron chi connectivity index (χ0n) is 10.1. The van der Waals surface area contributed by atoms with Gasteiger partial charge in [0.2, 0.25) is 5.91 Å². The number of carbonyl (C=O) groups excluding carboxylic acids is 1. The number of benzene rings is 1. The summed E-state index contributed by atoms with van der Waals surface area (Å²) in [6.45, 7) is 5.69. The van der Waals surface area contributed by atoms with Crippen LogP contribution in [0.2, 0.25) is 0 Å². The maximum Gasteiger partial charge on any atom is 0.416 e.